The lowest BCUT2D eigenvalue weighted by molar-refractivity contribution is -0.138. The number of rotatable bonds is 3. The van der Waals surface area contributed by atoms with E-state index >= 15 is 0 Å². The van der Waals surface area contributed by atoms with Crippen molar-refractivity contribution >= 4 is 5.91 Å². The van der Waals surface area contributed by atoms with Gasteiger partial charge in [0.15, 0.2) is 0 Å². The fourth-order valence-electron chi connectivity index (χ4n) is 2.50. The van der Waals surface area contributed by atoms with Gasteiger partial charge in [-0.1, -0.05) is 12.2 Å². The largest absolute Gasteiger partial charge is 0.418 e. The van der Waals surface area contributed by atoms with Gasteiger partial charge in [0.1, 0.15) is 0 Å². The van der Waals surface area contributed by atoms with Gasteiger partial charge in [0.25, 0.3) is 5.91 Å². The highest BCUT2D eigenvalue weighted by atomic mass is 19.4. The number of pyridine rings is 1. The van der Waals surface area contributed by atoms with Crippen LogP contribution in [0.5, 0.6) is 0 Å². The number of nitrogens with zero attached hydrogens (tertiary/aromatic N) is 2. The molecule has 0 bridgehead atoms. The molecule has 1 amide bonds. The summed E-state index contributed by atoms with van der Waals surface area (Å²) in [7, 11) is 1.54. The number of aromatic nitrogens is 1. The Morgan fingerprint density at radius 1 is 1.43 bits per heavy atom. The summed E-state index contributed by atoms with van der Waals surface area (Å²) in [5.74, 6) is -0.306. The number of allylic oxidation sites excluding steroid dienone is 2. The van der Waals surface area contributed by atoms with Gasteiger partial charge in [-0.3, -0.25) is 9.78 Å². The van der Waals surface area contributed by atoms with E-state index < -0.39 is 17.6 Å². The molecule has 2 rings (SSSR count). The second-order valence-corrected chi connectivity index (χ2v) is 5.26. The predicted molar refractivity (Wildman–Crippen MR) is 72.7 cm³/mol. The number of carbonyl (C=O) groups is 1. The normalized spacial score (nSPS) is 18.6. The molecular formula is C15H17F3N2O. The molecular weight excluding hydrogens is 281 g/mol. The summed E-state index contributed by atoms with van der Waals surface area (Å²) in [6.07, 6.45) is 4.24. The number of amides is 1. The van der Waals surface area contributed by atoms with Crippen LogP contribution in [0.1, 0.15) is 35.2 Å². The van der Waals surface area contributed by atoms with E-state index in [0.29, 0.717) is 18.7 Å². The molecule has 0 fully saturated rings. The zero-order chi connectivity index (χ0) is 15.5. The summed E-state index contributed by atoms with van der Waals surface area (Å²) in [5.41, 5.74) is -1.32. The van der Waals surface area contributed by atoms with Gasteiger partial charge in [-0.2, -0.15) is 13.2 Å². The van der Waals surface area contributed by atoms with Crippen molar-refractivity contribution in [1.29, 1.82) is 0 Å². The van der Waals surface area contributed by atoms with Crippen LogP contribution in [0.15, 0.2) is 30.6 Å². The first kappa shape index (κ1) is 15.5. The Labute approximate surface area is 121 Å². The molecule has 1 aromatic heterocycles. The standard InChI is InChI=1S/C15H17F3N2O/c1-20(10-11-5-3-2-4-6-11)14(21)12-7-8-19-9-13(12)15(16,17)18/h2-3,7-9,11H,4-6,10H2,1H3/t11-/m0/s1. The van der Waals surface area contributed by atoms with Gasteiger partial charge in [0.2, 0.25) is 0 Å². The lowest BCUT2D eigenvalue weighted by atomic mass is 9.94. The van der Waals surface area contributed by atoms with E-state index in [9.17, 15) is 18.0 Å². The molecule has 3 nitrogen and oxygen atoms in total. The summed E-state index contributed by atoms with van der Waals surface area (Å²) >= 11 is 0. The van der Waals surface area contributed by atoms with Crippen LogP contribution in [0.2, 0.25) is 0 Å². The molecule has 0 radical (unpaired) electrons. The van der Waals surface area contributed by atoms with Crippen molar-refractivity contribution < 1.29 is 18.0 Å². The van der Waals surface area contributed by atoms with Crippen LogP contribution in [0, 0.1) is 5.92 Å². The third kappa shape index (κ3) is 3.83. The van der Waals surface area contributed by atoms with Crippen LogP contribution in [-0.4, -0.2) is 29.4 Å². The third-order valence-electron chi connectivity index (χ3n) is 3.61. The number of carbonyl (C=O) groups excluding carboxylic acids is 1. The third-order valence-corrected chi connectivity index (χ3v) is 3.61. The molecule has 1 aliphatic carbocycles. The van der Waals surface area contributed by atoms with Crippen molar-refractivity contribution in [2.24, 2.45) is 5.92 Å². The summed E-state index contributed by atoms with van der Waals surface area (Å²) < 4.78 is 38.7. The molecule has 0 saturated carbocycles. The monoisotopic (exact) mass is 298 g/mol. The first-order valence-corrected chi connectivity index (χ1v) is 6.81. The average Bonchev–Trinajstić information content (AvgIpc) is 2.46. The molecule has 6 heteroatoms. The minimum Gasteiger partial charge on any atom is -0.341 e. The molecule has 1 aliphatic rings. The Balaban J connectivity index is 2.14. The zero-order valence-electron chi connectivity index (χ0n) is 11.7. The van der Waals surface area contributed by atoms with E-state index in [-0.39, 0.29) is 5.56 Å². The molecule has 114 valence electrons. The van der Waals surface area contributed by atoms with E-state index in [4.69, 9.17) is 0 Å². The van der Waals surface area contributed by atoms with Gasteiger partial charge >= 0.3 is 6.18 Å². The Bertz CT molecular complexity index is 540. The smallest absolute Gasteiger partial charge is 0.341 e. The second kappa shape index (κ2) is 6.28. The van der Waals surface area contributed by atoms with Crippen LogP contribution in [0.25, 0.3) is 0 Å². The molecule has 21 heavy (non-hydrogen) atoms. The van der Waals surface area contributed by atoms with Crippen molar-refractivity contribution in [3.8, 4) is 0 Å². The molecule has 1 aromatic rings. The van der Waals surface area contributed by atoms with E-state index in [1.807, 2.05) is 0 Å². The summed E-state index contributed by atoms with van der Waals surface area (Å²) in [6.45, 7) is 0.461. The molecule has 0 spiro atoms. The molecule has 0 saturated heterocycles. The zero-order valence-corrected chi connectivity index (χ0v) is 11.7. The van der Waals surface area contributed by atoms with Crippen molar-refractivity contribution in [3.63, 3.8) is 0 Å². The fraction of sp³-hybridized carbons (Fsp3) is 0.467. The van der Waals surface area contributed by atoms with Crippen LogP contribution < -0.4 is 0 Å². The van der Waals surface area contributed by atoms with Crippen molar-refractivity contribution in [2.75, 3.05) is 13.6 Å². The molecule has 0 aliphatic heterocycles. The quantitative estimate of drug-likeness (QED) is 0.800. The maximum atomic E-state index is 12.9. The molecule has 1 heterocycles. The van der Waals surface area contributed by atoms with Gasteiger partial charge in [0, 0.05) is 26.0 Å². The molecule has 0 N–H and O–H groups in total. The Morgan fingerprint density at radius 2 is 2.19 bits per heavy atom. The van der Waals surface area contributed by atoms with Gasteiger partial charge < -0.3 is 4.90 Å². The lowest BCUT2D eigenvalue weighted by Crippen LogP contribution is -2.33. The summed E-state index contributed by atoms with van der Waals surface area (Å²) in [6, 6.07) is 1.13. The van der Waals surface area contributed by atoms with Crippen molar-refractivity contribution in [3.05, 3.63) is 41.7 Å². The van der Waals surface area contributed by atoms with Gasteiger partial charge in [-0.25, -0.2) is 0 Å². The number of hydrogen-bond acceptors (Lipinski definition) is 2. The Morgan fingerprint density at radius 3 is 2.81 bits per heavy atom. The highest BCUT2D eigenvalue weighted by Gasteiger charge is 2.36. The average molecular weight is 298 g/mol. The van der Waals surface area contributed by atoms with Crippen LogP contribution >= 0.6 is 0 Å². The predicted octanol–water partition coefficient (Wildman–Crippen LogP) is 3.53. The summed E-state index contributed by atoms with van der Waals surface area (Å²) in [5, 5.41) is 0. The van der Waals surface area contributed by atoms with E-state index in [0.717, 1.165) is 25.3 Å². The highest BCUT2D eigenvalue weighted by molar-refractivity contribution is 5.95. The molecule has 1 atom stereocenters. The van der Waals surface area contributed by atoms with E-state index in [2.05, 4.69) is 17.1 Å². The van der Waals surface area contributed by atoms with Gasteiger partial charge in [-0.15, -0.1) is 0 Å². The van der Waals surface area contributed by atoms with Crippen LogP contribution in [0.4, 0.5) is 13.2 Å². The minimum absolute atomic E-state index is 0.306. The first-order valence-electron chi connectivity index (χ1n) is 6.81. The number of halogens is 3. The maximum absolute atomic E-state index is 12.9. The van der Waals surface area contributed by atoms with E-state index in [1.54, 1.807) is 7.05 Å². The second-order valence-electron chi connectivity index (χ2n) is 5.26. The SMILES string of the molecule is CN(C[C@H]1CC=CCC1)C(=O)c1ccncc1C(F)(F)F. The van der Waals surface area contributed by atoms with Gasteiger partial charge in [-0.05, 0) is 31.2 Å². The Kier molecular flexibility index (Phi) is 4.65. The summed E-state index contributed by atoms with van der Waals surface area (Å²) in [4.78, 5) is 17.1. The molecule has 0 unspecified atom stereocenters. The highest BCUT2D eigenvalue weighted by Crippen LogP contribution is 2.32. The van der Waals surface area contributed by atoms with Crippen LogP contribution in [0.3, 0.4) is 0 Å². The first-order chi connectivity index (χ1) is 9.89. The Hall–Kier alpha value is -1.85. The minimum atomic E-state index is -4.58. The lowest BCUT2D eigenvalue weighted by Gasteiger charge is -2.25. The number of hydrogen-bond donors (Lipinski definition) is 0. The van der Waals surface area contributed by atoms with Gasteiger partial charge in [0.05, 0.1) is 11.1 Å². The van der Waals surface area contributed by atoms with Crippen molar-refractivity contribution in [2.45, 2.75) is 25.4 Å². The van der Waals surface area contributed by atoms with Crippen LogP contribution in [-0.2, 0) is 6.18 Å². The topological polar surface area (TPSA) is 33.2 Å². The van der Waals surface area contributed by atoms with Crippen molar-refractivity contribution in [1.82, 2.24) is 9.88 Å². The number of alkyl halides is 3. The maximum Gasteiger partial charge on any atom is 0.418 e. The molecule has 0 aromatic carbocycles. The fourth-order valence-corrected chi connectivity index (χ4v) is 2.50. The van der Waals surface area contributed by atoms with E-state index in [1.165, 1.54) is 11.1 Å².